The Balaban J connectivity index is 0.000000469. The zero-order chi connectivity index (χ0) is 22.3. The second-order valence-electron chi connectivity index (χ2n) is 7.12. The Morgan fingerprint density at radius 2 is 1.80 bits per heavy atom. The number of nitriles is 1. The van der Waals surface area contributed by atoms with E-state index < -0.39 is 17.5 Å². The maximum Gasteiger partial charge on any atom is 0.414 e. The summed E-state index contributed by atoms with van der Waals surface area (Å²) < 4.78 is 19.6. The summed E-state index contributed by atoms with van der Waals surface area (Å²) in [5.74, 6) is -3.91. The highest BCUT2D eigenvalue weighted by molar-refractivity contribution is 6.27. The van der Waals surface area contributed by atoms with Gasteiger partial charge in [-0.15, -0.1) is 0 Å². The topological polar surface area (TPSA) is 111 Å². The molecule has 2 aromatic carbocycles. The first-order valence-electron chi connectivity index (χ1n) is 9.24. The molecule has 1 aliphatic heterocycles. The summed E-state index contributed by atoms with van der Waals surface area (Å²) in [7, 11) is 4.09. The molecule has 8 heteroatoms. The maximum atomic E-state index is 13.4. The van der Waals surface area contributed by atoms with Crippen LogP contribution in [0.4, 0.5) is 4.39 Å². The average molecular weight is 414 g/mol. The van der Waals surface area contributed by atoms with Gasteiger partial charge in [0.2, 0.25) is 0 Å². The monoisotopic (exact) mass is 414 g/mol. The zero-order valence-electron chi connectivity index (χ0n) is 16.8. The number of carboxylic acid groups (broad SMARTS) is 2. The van der Waals surface area contributed by atoms with E-state index in [1.54, 1.807) is 12.1 Å². The predicted molar refractivity (Wildman–Crippen MR) is 106 cm³/mol. The first-order valence-corrected chi connectivity index (χ1v) is 9.24. The highest BCUT2D eigenvalue weighted by atomic mass is 19.1. The van der Waals surface area contributed by atoms with Crippen LogP contribution in [0.3, 0.4) is 0 Å². The van der Waals surface area contributed by atoms with Gasteiger partial charge in [0.1, 0.15) is 11.4 Å². The molecule has 158 valence electrons. The Kier molecular flexibility index (Phi) is 7.64. The molecule has 0 aromatic heterocycles. The van der Waals surface area contributed by atoms with Crippen molar-refractivity contribution in [2.75, 3.05) is 20.6 Å². The second kappa shape index (κ2) is 9.96. The van der Waals surface area contributed by atoms with Gasteiger partial charge >= 0.3 is 11.9 Å². The van der Waals surface area contributed by atoms with Crippen LogP contribution in [-0.4, -0.2) is 47.7 Å². The molecule has 3 rings (SSSR count). The molecular weight excluding hydrogens is 391 g/mol. The lowest BCUT2D eigenvalue weighted by Gasteiger charge is -2.31. The maximum absolute atomic E-state index is 13.4. The first-order chi connectivity index (χ1) is 14.2. The molecule has 7 nitrogen and oxygen atoms in total. The number of rotatable bonds is 5. The third kappa shape index (κ3) is 5.41. The van der Waals surface area contributed by atoms with E-state index in [1.165, 1.54) is 12.1 Å². The fraction of sp³-hybridized carbons (Fsp3) is 0.318. The largest absolute Gasteiger partial charge is 0.473 e. The lowest BCUT2D eigenvalue weighted by atomic mass is 9.81. The Morgan fingerprint density at radius 3 is 2.33 bits per heavy atom. The molecule has 0 fully saturated rings. The third-order valence-electron chi connectivity index (χ3n) is 4.78. The van der Waals surface area contributed by atoms with E-state index in [4.69, 9.17) is 24.5 Å². The molecule has 30 heavy (non-hydrogen) atoms. The normalized spacial score (nSPS) is 16.9. The summed E-state index contributed by atoms with van der Waals surface area (Å²) in [6.45, 7) is 1.46. The lowest BCUT2D eigenvalue weighted by Crippen LogP contribution is -2.28. The molecule has 1 aliphatic rings. The Bertz CT molecular complexity index is 941. The fourth-order valence-corrected chi connectivity index (χ4v) is 3.38. The van der Waals surface area contributed by atoms with Gasteiger partial charge in [0.05, 0.1) is 18.2 Å². The van der Waals surface area contributed by atoms with E-state index in [2.05, 4.69) is 11.0 Å². The first kappa shape index (κ1) is 23.0. The van der Waals surface area contributed by atoms with E-state index in [1.807, 2.05) is 32.3 Å². The van der Waals surface area contributed by atoms with Crippen molar-refractivity contribution in [3.63, 3.8) is 0 Å². The van der Waals surface area contributed by atoms with Crippen molar-refractivity contribution < 1.29 is 28.9 Å². The molecule has 0 aliphatic carbocycles. The molecule has 0 saturated heterocycles. The molecular formula is C22H23FN2O5. The minimum Gasteiger partial charge on any atom is -0.473 e. The van der Waals surface area contributed by atoms with Crippen molar-refractivity contribution in [2.24, 2.45) is 0 Å². The fourth-order valence-electron chi connectivity index (χ4n) is 3.38. The van der Waals surface area contributed by atoms with Gasteiger partial charge in [-0.05, 0) is 74.4 Å². The third-order valence-corrected chi connectivity index (χ3v) is 4.78. The molecule has 0 saturated carbocycles. The number of ether oxygens (including phenoxy) is 1. The molecule has 2 aromatic rings. The van der Waals surface area contributed by atoms with Crippen LogP contribution in [0.2, 0.25) is 0 Å². The summed E-state index contributed by atoms with van der Waals surface area (Å²) >= 11 is 0. The number of hydrogen-bond donors (Lipinski definition) is 2. The van der Waals surface area contributed by atoms with Gasteiger partial charge in [-0.3, -0.25) is 0 Å². The van der Waals surface area contributed by atoms with Crippen molar-refractivity contribution in [3.8, 4) is 6.07 Å². The summed E-state index contributed by atoms with van der Waals surface area (Å²) in [6, 6.07) is 14.4. The number of halogens is 1. The quantitative estimate of drug-likeness (QED) is 0.724. The summed E-state index contributed by atoms with van der Waals surface area (Å²) in [5, 5.41) is 24.0. The number of benzene rings is 2. The van der Waals surface area contributed by atoms with Gasteiger partial charge in [-0.1, -0.05) is 18.2 Å². The van der Waals surface area contributed by atoms with E-state index >= 15 is 0 Å². The number of aliphatic carboxylic acids is 2. The van der Waals surface area contributed by atoms with Crippen LogP contribution in [0, 0.1) is 17.1 Å². The lowest BCUT2D eigenvalue weighted by molar-refractivity contribution is -0.159. The molecule has 0 radical (unpaired) electrons. The SMILES string of the molecule is CN(C)CCCC1(c2ccc(F)cc2)OCc2ccc(C#N)cc21.O=C(O)C(=O)O. The Labute approximate surface area is 173 Å². The molecule has 0 spiro atoms. The van der Waals surface area contributed by atoms with Crippen LogP contribution in [0.25, 0.3) is 0 Å². The molecule has 1 atom stereocenters. The molecule has 0 amide bonds. The average Bonchev–Trinajstić information content (AvgIpc) is 3.07. The number of carbonyl (C=O) groups is 2. The van der Waals surface area contributed by atoms with E-state index in [9.17, 15) is 9.65 Å². The number of carboxylic acids is 2. The van der Waals surface area contributed by atoms with Gasteiger partial charge in [0.25, 0.3) is 0 Å². The summed E-state index contributed by atoms with van der Waals surface area (Å²) in [6.07, 6.45) is 1.74. The minimum absolute atomic E-state index is 0.258. The summed E-state index contributed by atoms with van der Waals surface area (Å²) in [4.78, 5) is 20.3. The van der Waals surface area contributed by atoms with Crippen molar-refractivity contribution in [1.82, 2.24) is 4.90 Å². The highest BCUT2D eigenvalue weighted by Crippen LogP contribution is 2.45. The second-order valence-corrected chi connectivity index (χ2v) is 7.12. The molecule has 1 unspecified atom stereocenters. The number of nitrogens with zero attached hydrogens (tertiary/aromatic N) is 2. The van der Waals surface area contributed by atoms with Gasteiger partial charge in [-0.25, -0.2) is 14.0 Å². The van der Waals surface area contributed by atoms with Crippen LogP contribution in [-0.2, 0) is 26.5 Å². The Hall–Kier alpha value is -3.28. The van der Waals surface area contributed by atoms with Crippen LogP contribution in [0.15, 0.2) is 42.5 Å². The highest BCUT2D eigenvalue weighted by Gasteiger charge is 2.41. The van der Waals surface area contributed by atoms with Crippen molar-refractivity contribution in [2.45, 2.75) is 25.0 Å². The van der Waals surface area contributed by atoms with Crippen LogP contribution in [0.5, 0.6) is 0 Å². The van der Waals surface area contributed by atoms with Gasteiger partial charge < -0.3 is 19.8 Å². The minimum atomic E-state index is -1.82. The smallest absolute Gasteiger partial charge is 0.414 e. The molecule has 2 N–H and O–H groups in total. The van der Waals surface area contributed by atoms with Gasteiger partial charge in [-0.2, -0.15) is 5.26 Å². The molecule has 0 bridgehead atoms. The van der Waals surface area contributed by atoms with Crippen molar-refractivity contribution in [3.05, 3.63) is 70.5 Å². The van der Waals surface area contributed by atoms with Gasteiger partial charge in [0.15, 0.2) is 0 Å². The predicted octanol–water partition coefficient (Wildman–Crippen LogP) is 2.97. The zero-order valence-corrected chi connectivity index (χ0v) is 16.8. The standard InChI is InChI=1S/C20H21FN2O.C2H2O4/c1-23(2)11-3-10-20(17-6-8-18(21)9-7-17)19-12-15(13-22)4-5-16(19)14-24-20;3-1(4)2(5)6/h4-9,12H,3,10-11,14H2,1-2H3;(H,3,4)(H,5,6). The van der Waals surface area contributed by atoms with E-state index in [0.29, 0.717) is 12.2 Å². The molecule has 1 heterocycles. The van der Waals surface area contributed by atoms with Crippen LogP contribution < -0.4 is 0 Å². The van der Waals surface area contributed by atoms with E-state index in [0.717, 1.165) is 36.1 Å². The summed E-state index contributed by atoms with van der Waals surface area (Å²) in [5.41, 5.74) is 3.09. The van der Waals surface area contributed by atoms with Gasteiger partial charge in [0, 0.05) is 0 Å². The number of fused-ring (bicyclic) bond motifs is 1. The number of hydrogen-bond acceptors (Lipinski definition) is 5. The Morgan fingerprint density at radius 1 is 1.17 bits per heavy atom. The van der Waals surface area contributed by atoms with E-state index in [-0.39, 0.29) is 5.82 Å². The van der Waals surface area contributed by atoms with Crippen molar-refractivity contribution >= 4 is 11.9 Å². The van der Waals surface area contributed by atoms with Crippen molar-refractivity contribution in [1.29, 1.82) is 5.26 Å². The van der Waals surface area contributed by atoms with Crippen LogP contribution >= 0.6 is 0 Å². The van der Waals surface area contributed by atoms with Crippen LogP contribution in [0.1, 0.15) is 35.1 Å².